The highest BCUT2D eigenvalue weighted by atomic mass is 16.3. The summed E-state index contributed by atoms with van der Waals surface area (Å²) in [6, 6.07) is 16.9. The first-order valence-electron chi connectivity index (χ1n) is 11.0. The molecule has 0 unspecified atom stereocenters. The van der Waals surface area contributed by atoms with Crippen LogP contribution in [0.2, 0.25) is 0 Å². The molecule has 7 heteroatoms. The lowest BCUT2D eigenvalue weighted by Gasteiger charge is -2.34. The summed E-state index contributed by atoms with van der Waals surface area (Å²) in [5, 5.41) is 19.9. The Balaban J connectivity index is 1.64. The Morgan fingerprint density at radius 1 is 0.939 bits per heavy atom. The summed E-state index contributed by atoms with van der Waals surface area (Å²) in [5.74, 6) is 0.394. The molecule has 1 aliphatic carbocycles. The minimum absolute atomic E-state index is 0.0555. The topological polar surface area (TPSA) is 94.2 Å². The molecule has 1 saturated heterocycles. The van der Waals surface area contributed by atoms with E-state index < -0.39 is 0 Å². The highest BCUT2D eigenvalue weighted by Crippen LogP contribution is 2.42. The number of carbonyl (C=O) groups excluding carboxylic acids is 1. The molecule has 2 aromatic rings. The molecule has 0 aromatic heterocycles. The van der Waals surface area contributed by atoms with Crippen LogP contribution < -0.4 is 5.43 Å². The summed E-state index contributed by atoms with van der Waals surface area (Å²) in [4.78, 5) is 29.6. The number of fused-ring (bicyclic) bond motifs is 2. The van der Waals surface area contributed by atoms with E-state index in [1.165, 1.54) is 18.2 Å². The molecular formula is C26H24N2O5. The van der Waals surface area contributed by atoms with E-state index in [-0.39, 0.29) is 23.7 Å². The molecule has 1 amide bonds. The van der Waals surface area contributed by atoms with Crippen molar-refractivity contribution >= 4 is 16.9 Å². The average Bonchev–Trinajstić information content (AvgIpc) is 2.82. The number of hydrogen-bond donors (Lipinski definition) is 2. The van der Waals surface area contributed by atoms with E-state index in [1.54, 1.807) is 18.2 Å². The van der Waals surface area contributed by atoms with Crippen molar-refractivity contribution in [2.45, 2.75) is 0 Å². The largest absolute Gasteiger partial charge is 0.508 e. The van der Waals surface area contributed by atoms with Crippen LogP contribution in [0.4, 0.5) is 0 Å². The van der Waals surface area contributed by atoms with Gasteiger partial charge in [-0.1, -0.05) is 18.2 Å². The highest BCUT2D eigenvalue weighted by Gasteiger charge is 2.26. The van der Waals surface area contributed by atoms with Crippen molar-refractivity contribution in [3.8, 4) is 28.2 Å². The van der Waals surface area contributed by atoms with Crippen LogP contribution in [0.25, 0.3) is 33.4 Å². The van der Waals surface area contributed by atoms with Gasteiger partial charge in [-0.25, -0.2) is 0 Å². The lowest BCUT2D eigenvalue weighted by molar-refractivity contribution is 0.0615. The van der Waals surface area contributed by atoms with Gasteiger partial charge in [-0.15, -0.1) is 0 Å². The first kappa shape index (κ1) is 21.2. The molecule has 7 nitrogen and oxygen atoms in total. The number of phenols is 1. The van der Waals surface area contributed by atoms with Gasteiger partial charge in [0.1, 0.15) is 17.1 Å². The van der Waals surface area contributed by atoms with Crippen molar-refractivity contribution in [1.82, 2.24) is 9.80 Å². The Bertz CT molecular complexity index is 1350. The summed E-state index contributed by atoms with van der Waals surface area (Å²) < 4.78 is 5.94. The molecular weight excluding hydrogens is 420 g/mol. The third-order valence-electron chi connectivity index (χ3n) is 6.18. The fraction of sp³-hybridized carbons (Fsp3) is 0.231. The molecule has 2 aromatic carbocycles. The number of rotatable bonds is 4. The predicted molar refractivity (Wildman–Crippen MR) is 126 cm³/mol. The molecule has 2 aliphatic heterocycles. The summed E-state index contributed by atoms with van der Waals surface area (Å²) in [6.45, 7) is 3.33. The number of carbonyl (C=O) groups is 1. The fourth-order valence-electron chi connectivity index (χ4n) is 4.52. The van der Waals surface area contributed by atoms with Crippen LogP contribution in [0.1, 0.15) is 10.4 Å². The molecule has 0 saturated carbocycles. The third-order valence-corrected chi connectivity index (χ3v) is 6.18. The maximum atomic E-state index is 13.6. The Morgan fingerprint density at radius 3 is 2.52 bits per heavy atom. The van der Waals surface area contributed by atoms with Crippen molar-refractivity contribution < 1.29 is 19.4 Å². The fourth-order valence-corrected chi connectivity index (χ4v) is 4.52. The van der Waals surface area contributed by atoms with Gasteiger partial charge >= 0.3 is 0 Å². The molecule has 168 valence electrons. The monoisotopic (exact) mass is 444 g/mol. The molecule has 0 radical (unpaired) electrons. The highest BCUT2D eigenvalue weighted by molar-refractivity contribution is 6.09. The minimum atomic E-state index is -0.179. The van der Waals surface area contributed by atoms with Crippen LogP contribution in [-0.2, 0) is 0 Å². The smallest absolute Gasteiger partial charge is 0.254 e. The second kappa shape index (κ2) is 8.69. The second-order valence-corrected chi connectivity index (χ2v) is 8.22. The SMILES string of the molecule is O=C(c1ccccc1-c1c2ccc(=O)cc-2oc2cc(O)ccc12)N1CCN(CCO)CC1. The molecule has 33 heavy (non-hydrogen) atoms. The lowest BCUT2D eigenvalue weighted by atomic mass is 9.90. The van der Waals surface area contributed by atoms with E-state index in [2.05, 4.69) is 4.90 Å². The quantitative estimate of drug-likeness (QED) is 0.470. The third kappa shape index (κ3) is 3.97. The number of aliphatic hydroxyl groups is 1. The molecule has 0 bridgehead atoms. The zero-order valence-corrected chi connectivity index (χ0v) is 18.0. The number of aliphatic hydroxyl groups excluding tert-OH is 1. The first-order valence-corrected chi connectivity index (χ1v) is 11.0. The number of hydrogen-bond acceptors (Lipinski definition) is 6. The van der Waals surface area contributed by atoms with E-state index >= 15 is 0 Å². The minimum Gasteiger partial charge on any atom is -0.508 e. The number of β-amino-alcohol motifs (C(OH)–C–C–N with tert-alkyl or cyclic N) is 1. The van der Waals surface area contributed by atoms with E-state index in [9.17, 15) is 19.8 Å². The van der Waals surface area contributed by atoms with E-state index in [0.29, 0.717) is 36.5 Å². The molecule has 0 spiro atoms. The number of phenolic OH excluding ortho intramolecular Hbond substituents is 1. The molecule has 1 fully saturated rings. The lowest BCUT2D eigenvalue weighted by Crippen LogP contribution is -2.49. The van der Waals surface area contributed by atoms with Gasteiger partial charge in [0.15, 0.2) is 5.43 Å². The van der Waals surface area contributed by atoms with Gasteiger partial charge in [-0.05, 0) is 35.9 Å². The summed E-state index contributed by atoms with van der Waals surface area (Å²) in [7, 11) is 0. The first-order chi connectivity index (χ1) is 16.0. The van der Waals surface area contributed by atoms with Gasteiger partial charge in [-0.3, -0.25) is 14.5 Å². The van der Waals surface area contributed by atoms with Crippen LogP contribution in [0.5, 0.6) is 5.75 Å². The van der Waals surface area contributed by atoms with Gasteiger partial charge in [0.05, 0.1) is 6.61 Å². The van der Waals surface area contributed by atoms with Crippen molar-refractivity contribution in [3.63, 3.8) is 0 Å². The summed E-state index contributed by atoms with van der Waals surface area (Å²) in [6.07, 6.45) is 0. The Hall–Kier alpha value is -3.68. The maximum Gasteiger partial charge on any atom is 0.254 e. The molecule has 3 aliphatic rings. The van der Waals surface area contributed by atoms with Crippen LogP contribution in [0.15, 0.2) is 69.9 Å². The number of piperazine rings is 1. The van der Waals surface area contributed by atoms with Crippen molar-refractivity contribution in [1.29, 1.82) is 0 Å². The Kier molecular flexibility index (Phi) is 5.58. The second-order valence-electron chi connectivity index (χ2n) is 8.22. The average molecular weight is 444 g/mol. The number of benzene rings is 3. The standard InChI is InChI=1S/C26H24N2O5/c29-14-13-27-9-11-28(12-10-27)26(32)20-4-2-1-3-19(20)25-21-7-5-17(30)15-23(21)33-24-16-18(31)6-8-22(24)25/h1-8,15-16,29-30H,9-14H2. The maximum absolute atomic E-state index is 13.6. The van der Waals surface area contributed by atoms with Crippen LogP contribution in [0.3, 0.4) is 0 Å². The predicted octanol–water partition coefficient (Wildman–Crippen LogP) is 3.02. The molecule has 2 heterocycles. The molecule has 5 rings (SSSR count). The van der Waals surface area contributed by atoms with Crippen molar-refractivity contribution in [2.24, 2.45) is 0 Å². The van der Waals surface area contributed by atoms with E-state index in [1.807, 2.05) is 29.2 Å². The van der Waals surface area contributed by atoms with Gasteiger partial charge in [-0.2, -0.15) is 0 Å². The Morgan fingerprint density at radius 2 is 1.73 bits per heavy atom. The summed E-state index contributed by atoms with van der Waals surface area (Å²) >= 11 is 0. The van der Waals surface area contributed by atoms with Crippen molar-refractivity contribution in [3.05, 3.63) is 76.5 Å². The van der Waals surface area contributed by atoms with Gasteiger partial charge in [0.2, 0.25) is 0 Å². The zero-order chi connectivity index (χ0) is 22.9. The molecule has 0 atom stereocenters. The van der Waals surface area contributed by atoms with Gasteiger partial charge < -0.3 is 19.5 Å². The van der Waals surface area contributed by atoms with Gasteiger partial charge in [0.25, 0.3) is 5.91 Å². The van der Waals surface area contributed by atoms with Crippen LogP contribution in [-0.4, -0.2) is 65.3 Å². The van der Waals surface area contributed by atoms with Crippen molar-refractivity contribution in [2.75, 3.05) is 39.3 Å². The zero-order valence-electron chi connectivity index (χ0n) is 18.0. The van der Waals surface area contributed by atoms with Crippen LogP contribution >= 0.6 is 0 Å². The summed E-state index contributed by atoms with van der Waals surface area (Å²) in [5.41, 5.74) is 3.08. The van der Waals surface area contributed by atoms with E-state index in [4.69, 9.17) is 4.42 Å². The Labute approximate surface area is 190 Å². The number of amides is 1. The molecule has 2 N–H and O–H groups in total. The van der Waals surface area contributed by atoms with Crippen LogP contribution in [0, 0.1) is 0 Å². The normalized spacial score (nSPS) is 14.8. The number of aromatic hydroxyl groups is 1. The number of nitrogens with zero attached hydrogens (tertiary/aromatic N) is 2. The van der Waals surface area contributed by atoms with E-state index in [0.717, 1.165) is 35.2 Å². The van der Waals surface area contributed by atoms with Gasteiger partial charge in [0, 0.05) is 66.9 Å².